The van der Waals surface area contributed by atoms with Crippen molar-refractivity contribution < 1.29 is 9.50 Å². The lowest BCUT2D eigenvalue weighted by atomic mass is 9.87. The molecule has 0 aliphatic carbocycles. The molecule has 0 spiro atoms. The van der Waals surface area contributed by atoms with E-state index in [1.54, 1.807) is 25.1 Å². The molecule has 1 N–H and O–H groups in total. The van der Waals surface area contributed by atoms with E-state index >= 15 is 0 Å². The van der Waals surface area contributed by atoms with Gasteiger partial charge >= 0.3 is 0 Å². The molecule has 100 valence electrons. The molecule has 2 heteroatoms. The summed E-state index contributed by atoms with van der Waals surface area (Å²) < 4.78 is 13.8. The summed E-state index contributed by atoms with van der Waals surface area (Å²) in [7, 11) is 0. The van der Waals surface area contributed by atoms with Gasteiger partial charge in [0.1, 0.15) is 5.82 Å². The normalized spacial score (nSPS) is 14.2. The zero-order valence-electron chi connectivity index (χ0n) is 11.6. The van der Waals surface area contributed by atoms with Crippen molar-refractivity contribution in [2.45, 2.75) is 32.8 Å². The fourth-order valence-electron chi connectivity index (χ4n) is 2.35. The van der Waals surface area contributed by atoms with Crippen molar-refractivity contribution in [1.82, 2.24) is 0 Å². The average molecular weight is 258 g/mol. The lowest BCUT2D eigenvalue weighted by Crippen LogP contribution is -2.26. The molecule has 0 aromatic heterocycles. The Bertz CT molecular complexity index is 588. The van der Waals surface area contributed by atoms with E-state index in [4.69, 9.17) is 0 Å². The van der Waals surface area contributed by atoms with Crippen LogP contribution in [0.5, 0.6) is 0 Å². The monoisotopic (exact) mass is 258 g/mol. The van der Waals surface area contributed by atoms with E-state index in [9.17, 15) is 9.50 Å². The molecule has 0 amide bonds. The summed E-state index contributed by atoms with van der Waals surface area (Å²) in [6.45, 7) is 5.68. The van der Waals surface area contributed by atoms with Crippen molar-refractivity contribution in [2.24, 2.45) is 0 Å². The van der Waals surface area contributed by atoms with Crippen LogP contribution in [-0.2, 0) is 12.0 Å². The third kappa shape index (κ3) is 3.02. The summed E-state index contributed by atoms with van der Waals surface area (Å²) in [6.07, 6.45) is 0.404. The van der Waals surface area contributed by atoms with Gasteiger partial charge in [-0.2, -0.15) is 0 Å². The molecule has 0 aliphatic rings. The maximum atomic E-state index is 13.8. The van der Waals surface area contributed by atoms with Gasteiger partial charge in [0.2, 0.25) is 0 Å². The number of benzene rings is 2. The van der Waals surface area contributed by atoms with Crippen molar-refractivity contribution in [3.8, 4) is 0 Å². The average Bonchev–Trinajstić information content (AvgIpc) is 2.34. The van der Waals surface area contributed by atoms with E-state index in [-0.39, 0.29) is 5.82 Å². The number of aliphatic hydroxyl groups is 1. The summed E-state index contributed by atoms with van der Waals surface area (Å²) in [4.78, 5) is 0. The number of aryl methyl sites for hydroxylation is 2. The molecule has 2 aromatic carbocycles. The zero-order valence-corrected chi connectivity index (χ0v) is 11.6. The van der Waals surface area contributed by atoms with Gasteiger partial charge in [0.25, 0.3) is 0 Å². The van der Waals surface area contributed by atoms with E-state index in [0.29, 0.717) is 12.0 Å². The summed E-state index contributed by atoms with van der Waals surface area (Å²) in [5, 5.41) is 10.6. The van der Waals surface area contributed by atoms with E-state index in [2.05, 4.69) is 0 Å². The fraction of sp³-hybridized carbons (Fsp3) is 0.294. The van der Waals surface area contributed by atoms with Crippen molar-refractivity contribution >= 4 is 0 Å². The highest BCUT2D eigenvalue weighted by molar-refractivity contribution is 5.34. The van der Waals surface area contributed by atoms with E-state index in [1.807, 2.05) is 32.0 Å². The second-order valence-electron chi connectivity index (χ2n) is 5.36. The standard InChI is InChI=1S/C17H19FO/c1-12-8-9-13(2)14(10-12)11-17(3,19)15-6-4-5-7-16(15)18/h4-10,19H,11H2,1-3H3. The first-order chi connectivity index (χ1) is 8.90. The molecule has 2 rings (SSSR count). The summed E-state index contributed by atoms with van der Waals surface area (Å²) in [5.74, 6) is -0.363. The number of hydrogen-bond acceptors (Lipinski definition) is 1. The van der Waals surface area contributed by atoms with Gasteiger partial charge in [0.05, 0.1) is 5.60 Å². The molecule has 0 saturated heterocycles. The quantitative estimate of drug-likeness (QED) is 0.885. The van der Waals surface area contributed by atoms with Gasteiger partial charge in [-0.1, -0.05) is 42.0 Å². The Balaban J connectivity index is 2.36. The molecule has 2 aromatic rings. The zero-order chi connectivity index (χ0) is 14.0. The SMILES string of the molecule is Cc1ccc(C)c(CC(C)(O)c2ccccc2F)c1. The molecule has 19 heavy (non-hydrogen) atoms. The number of hydrogen-bond donors (Lipinski definition) is 1. The van der Waals surface area contributed by atoms with Gasteiger partial charge < -0.3 is 5.11 Å². The summed E-state index contributed by atoms with van der Waals surface area (Å²) in [5.41, 5.74) is 2.44. The molecular weight excluding hydrogens is 239 g/mol. The van der Waals surface area contributed by atoms with Gasteiger partial charge in [0.15, 0.2) is 0 Å². The minimum Gasteiger partial charge on any atom is -0.385 e. The van der Waals surface area contributed by atoms with Crippen molar-refractivity contribution in [2.75, 3.05) is 0 Å². The van der Waals surface area contributed by atoms with Crippen LogP contribution in [0.4, 0.5) is 4.39 Å². The van der Waals surface area contributed by atoms with Crippen LogP contribution in [0.3, 0.4) is 0 Å². The molecule has 1 nitrogen and oxygen atoms in total. The summed E-state index contributed by atoms with van der Waals surface area (Å²) >= 11 is 0. The van der Waals surface area contributed by atoms with Crippen LogP contribution in [0.15, 0.2) is 42.5 Å². The number of halogens is 1. The second-order valence-corrected chi connectivity index (χ2v) is 5.36. The van der Waals surface area contributed by atoms with Crippen molar-refractivity contribution in [3.05, 3.63) is 70.5 Å². The van der Waals surface area contributed by atoms with Gasteiger partial charge in [-0.25, -0.2) is 4.39 Å². The first-order valence-corrected chi connectivity index (χ1v) is 6.44. The Morgan fingerprint density at radius 3 is 2.47 bits per heavy atom. The van der Waals surface area contributed by atoms with Crippen LogP contribution in [0, 0.1) is 19.7 Å². The Kier molecular flexibility index (Phi) is 3.72. The molecule has 1 unspecified atom stereocenters. The first-order valence-electron chi connectivity index (χ1n) is 6.44. The predicted molar refractivity (Wildman–Crippen MR) is 75.6 cm³/mol. The molecule has 0 saturated carbocycles. The molecule has 0 aliphatic heterocycles. The molecule has 0 radical (unpaired) electrons. The van der Waals surface area contributed by atoms with E-state index in [1.165, 1.54) is 6.07 Å². The Morgan fingerprint density at radius 1 is 1.11 bits per heavy atom. The molecule has 1 atom stereocenters. The maximum Gasteiger partial charge on any atom is 0.129 e. The summed E-state index contributed by atoms with van der Waals surface area (Å²) in [6, 6.07) is 12.5. The van der Waals surface area contributed by atoms with Crippen LogP contribution in [0.1, 0.15) is 29.2 Å². The van der Waals surface area contributed by atoms with Crippen LogP contribution in [0.2, 0.25) is 0 Å². The first kappa shape index (κ1) is 13.8. The van der Waals surface area contributed by atoms with Crippen LogP contribution < -0.4 is 0 Å². The molecule has 0 bridgehead atoms. The highest BCUT2D eigenvalue weighted by Gasteiger charge is 2.27. The highest BCUT2D eigenvalue weighted by atomic mass is 19.1. The van der Waals surface area contributed by atoms with Crippen molar-refractivity contribution in [1.29, 1.82) is 0 Å². The lowest BCUT2D eigenvalue weighted by Gasteiger charge is -2.25. The highest BCUT2D eigenvalue weighted by Crippen LogP contribution is 2.28. The van der Waals surface area contributed by atoms with Crippen molar-refractivity contribution in [3.63, 3.8) is 0 Å². The van der Waals surface area contributed by atoms with Gasteiger partial charge in [-0.3, -0.25) is 0 Å². The lowest BCUT2D eigenvalue weighted by molar-refractivity contribution is 0.0536. The minimum atomic E-state index is -1.20. The van der Waals surface area contributed by atoms with Gasteiger partial charge in [0, 0.05) is 12.0 Å². The smallest absolute Gasteiger partial charge is 0.129 e. The van der Waals surface area contributed by atoms with Crippen LogP contribution in [0.25, 0.3) is 0 Å². The number of rotatable bonds is 3. The van der Waals surface area contributed by atoms with Crippen LogP contribution >= 0.6 is 0 Å². The van der Waals surface area contributed by atoms with E-state index in [0.717, 1.165) is 16.7 Å². The Hall–Kier alpha value is -1.67. The Morgan fingerprint density at radius 2 is 1.79 bits per heavy atom. The predicted octanol–water partition coefficient (Wildman–Crippen LogP) is 3.89. The molecular formula is C17H19FO. The van der Waals surface area contributed by atoms with Gasteiger partial charge in [-0.05, 0) is 38.0 Å². The molecule has 0 fully saturated rings. The third-order valence-corrected chi connectivity index (χ3v) is 3.49. The van der Waals surface area contributed by atoms with Gasteiger partial charge in [-0.15, -0.1) is 0 Å². The fourth-order valence-corrected chi connectivity index (χ4v) is 2.35. The van der Waals surface area contributed by atoms with E-state index < -0.39 is 5.60 Å². The Labute approximate surface area is 113 Å². The minimum absolute atomic E-state index is 0.343. The second kappa shape index (κ2) is 5.14. The molecule has 0 heterocycles. The topological polar surface area (TPSA) is 20.2 Å². The third-order valence-electron chi connectivity index (χ3n) is 3.49. The maximum absolute atomic E-state index is 13.8. The van der Waals surface area contributed by atoms with Crippen LogP contribution in [-0.4, -0.2) is 5.11 Å². The largest absolute Gasteiger partial charge is 0.385 e.